The van der Waals surface area contributed by atoms with Crippen LogP contribution in [0.4, 0.5) is 0 Å². The van der Waals surface area contributed by atoms with Crippen LogP contribution in [0.3, 0.4) is 0 Å². The van der Waals surface area contributed by atoms with Crippen LogP contribution >= 0.6 is 15.9 Å². The average Bonchev–Trinajstić information content (AvgIpc) is 2.27. The summed E-state index contributed by atoms with van der Waals surface area (Å²) in [6.07, 6.45) is 0. The molecule has 0 bridgehead atoms. The van der Waals surface area contributed by atoms with E-state index in [9.17, 15) is 4.79 Å². The van der Waals surface area contributed by atoms with Gasteiger partial charge in [0.15, 0.2) is 5.78 Å². The third-order valence-electron chi connectivity index (χ3n) is 3.32. The zero-order chi connectivity index (χ0) is 13.1. The smallest absolute Gasteiger partial charge is 0.168 e. The Morgan fingerprint density at radius 3 is 2.50 bits per heavy atom. The van der Waals surface area contributed by atoms with E-state index in [1.54, 1.807) is 0 Å². The van der Waals surface area contributed by atoms with E-state index in [1.807, 2.05) is 24.3 Å². The van der Waals surface area contributed by atoms with Gasteiger partial charge in [-0.05, 0) is 26.2 Å². The van der Waals surface area contributed by atoms with Gasteiger partial charge in [-0.3, -0.25) is 4.79 Å². The first-order valence-corrected chi connectivity index (χ1v) is 7.02. The third kappa shape index (κ3) is 3.40. The van der Waals surface area contributed by atoms with Crippen molar-refractivity contribution in [2.75, 3.05) is 40.3 Å². The van der Waals surface area contributed by atoms with Gasteiger partial charge in [-0.15, -0.1) is 0 Å². The Bertz CT molecular complexity index is 410. The Kier molecular flexibility index (Phi) is 4.54. The van der Waals surface area contributed by atoms with Crippen molar-refractivity contribution in [3.63, 3.8) is 0 Å². The topological polar surface area (TPSA) is 23.6 Å². The van der Waals surface area contributed by atoms with E-state index in [-0.39, 0.29) is 11.7 Å². The molecule has 0 aliphatic carbocycles. The van der Waals surface area contributed by atoms with Crippen molar-refractivity contribution < 1.29 is 4.79 Å². The van der Waals surface area contributed by atoms with Crippen molar-refractivity contribution in [1.29, 1.82) is 0 Å². The monoisotopic (exact) mass is 310 g/mol. The molecule has 0 atom stereocenters. The molecule has 0 unspecified atom stereocenters. The second kappa shape index (κ2) is 5.95. The molecule has 2 rings (SSSR count). The van der Waals surface area contributed by atoms with Crippen molar-refractivity contribution in [3.8, 4) is 0 Å². The van der Waals surface area contributed by atoms with Gasteiger partial charge in [0.2, 0.25) is 0 Å². The molecule has 98 valence electrons. The van der Waals surface area contributed by atoms with E-state index < -0.39 is 0 Å². The first-order chi connectivity index (χ1) is 8.56. The summed E-state index contributed by atoms with van der Waals surface area (Å²) in [4.78, 5) is 16.7. The first kappa shape index (κ1) is 13.7. The molecule has 1 aliphatic heterocycles. The molecule has 18 heavy (non-hydrogen) atoms. The Morgan fingerprint density at radius 1 is 1.33 bits per heavy atom. The van der Waals surface area contributed by atoms with Gasteiger partial charge < -0.3 is 9.80 Å². The molecule has 1 heterocycles. The molecular weight excluding hydrogens is 292 g/mol. The summed E-state index contributed by atoms with van der Waals surface area (Å²) in [6.45, 7) is 3.92. The number of carbonyl (C=O) groups excluding carboxylic acids is 1. The predicted molar refractivity (Wildman–Crippen MR) is 77.0 cm³/mol. The van der Waals surface area contributed by atoms with Gasteiger partial charge in [0.25, 0.3) is 0 Å². The average molecular weight is 311 g/mol. The van der Waals surface area contributed by atoms with E-state index in [0.717, 1.165) is 36.2 Å². The maximum Gasteiger partial charge on any atom is 0.168 e. The largest absolute Gasteiger partial charge is 0.308 e. The van der Waals surface area contributed by atoms with Gasteiger partial charge in [-0.25, -0.2) is 0 Å². The number of hydrogen-bond donors (Lipinski definition) is 0. The summed E-state index contributed by atoms with van der Waals surface area (Å²) in [5, 5.41) is 0. The minimum Gasteiger partial charge on any atom is -0.308 e. The van der Waals surface area contributed by atoms with Crippen LogP contribution in [-0.4, -0.2) is 55.9 Å². The number of Topliss-reactive ketones (excluding diaryl/α,β-unsaturated/α-hetero) is 1. The Labute approximate surface area is 117 Å². The van der Waals surface area contributed by atoms with E-state index in [4.69, 9.17) is 0 Å². The van der Waals surface area contributed by atoms with Crippen LogP contribution in [0, 0.1) is 5.92 Å². The standard InChI is InChI=1S/C14H19BrN2O/c1-16(2)7-8-17-9-12(10-17)14(18)11-3-5-13(15)6-4-11/h3-6,12H,7-10H2,1-2H3. The van der Waals surface area contributed by atoms with Crippen molar-refractivity contribution in [3.05, 3.63) is 34.3 Å². The number of ketones is 1. The van der Waals surface area contributed by atoms with Crippen LogP contribution in [0.2, 0.25) is 0 Å². The number of halogens is 1. The number of carbonyl (C=O) groups is 1. The highest BCUT2D eigenvalue weighted by Crippen LogP contribution is 2.21. The van der Waals surface area contributed by atoms with Crippen molar-refractivity contribution in [2.45, 2.75) is 0 Å². The zero-order valence-electron chi connectivity index (χ0n) is 10.9. The molecule has 3 nitrogen and oxygen atoms in total. The fourth-order valence-corrected chi connectivity index (χ4v) is 2.37. The van der Waals surface area contributed by atoms with Gasteiger partial charge in [0.05, 0.1) is 0 Å². The lowest BCUT2D eigenvalue weighted by Gasteiger charge is -2.38. The normalized spacial score (nSPS) is 16.9. The molecule has 1 aromatic carbocycles. The number of likely N-dealkylation sites (tertiary alicyclic amines) is 1. The zero-order valence-corrected chi connectivity index (χ0v) is 12.5. The maximum absolute atomic E-state index is 12.2. The quantitative estimate of drug-likeness (QED) is 0.778. The number of benzene rings is 1. The lowest BCUT2D eigenvalue weighted by atomic mass is 9.91. The molecule has 0 N–H and O–H groups in total. The highest BCUT2D eigenvalue weighted by molar-refractivity contribution is 9.10. The maximum atomic E-state index is 12.2. The predicted octanol–water partition coefficient (Wildman–Crippen LogP) is 2.13. The molecule has 1 aromatic rings. The summed E-state index contributed by atoms with van der Waals surface area (Å²) in [6, 6.07) is 7.65. The molecule has 0 aromatic heterocycles. The van der Waals surface area contributed by atoms with Gasteiger partial charge >= 0.3 is 0 Å². The van der Waals surface area contributed by atoms with E-state index in [0.29, 0.717) is 0 Å². The van der Waals surface area contributed by atoms with E-state index >= 15 is 0 Å². The molecule has 1 saturated heterocycles. The molecule has 0 radical (unpaired) electrons. The molecule has 1 aliphatic rings. The fraction of sp³-hybridized carbons (Fsp3) is 0.500. The summed E-state index contributed by atoms with van der Waals surface area (Å²) in [5.74, 6) is 0.469. The van der Waals surface area contributed by atoms with Crippen molar-refractivity contribution >= 4 is 21.7 Å². The Balaban J connectivity index is 1.81. The van der Waals surface area contributed by atoms with Crippen LogP contribution in [0.25, 0.3) is 0 Å². The summed E-state index contributed by atoms with van der Waals surface area (Å²) >= 11 is 3.38. The van der Waals surface area contributed by atoms with Crippen LogP contribution < -0.4 is 0 Å². The van der Waals surface area contributed by atoms with E-state index in [1.165, 1.54) is 0 Å². The minimum absolute atomic E-state index is 0.188. The summed E-state index contributed by atoms with van der Waals surface area (Å²) in [5.41, 5.74) is 0.829. The highest BCUT2D eigenvalue weighted by Gasteiger charge is 2.32. The van der Waals surface area contributed by atoms with Crippen LogP contribution in [0.1, 0.15) is 10.4 Å². The van der Waals surface area contributed by atoms with Crippen LogP contribution in [0.15, 0.2) is 28.7 Å². The number of nitrogens with zero attached hydrogens (tertiary/aromatic N) is 2. The van der Waals surface area contributed by atoms with Gasteiger partial charge in [0, 0.05) is 42.1 Å². The van der Waals surface area contributed by atoms with Crippen molar-refractivity contribution in [1.82, 2.24) is 9.80 Å². The number of rotatable bonds is 5. The molecule has 0 spiro atoms. The van der Waals surface area contributed by atoms with Gasteiger partial charge in [0.1, 0.15) is 0 Å². The molecule has 1 fully saturated rings. The fourth-order valence-electron chi connectivity index (χ4n) is 2.11. The Morgan fingerprint density at radius 2 is 1.94 bits per heavy atom. The van der Waals surface area contributed by atoms with Crippen molar-refractivity contribution in [2.24, 2.45) is 5.92 Å². The Hall–Kier alpha value is -0.710. The lowest BCUT2D eigenvalue weighted by Crippen LogP contribution is -2.52. The number of likely N-dealkylation sites (N-methyl/N-ethyl adjacent to an activating group) is 1. The lowest BCUT2D eigenvalue weighted by molar-refractivity contribution is 0.0601. The molecule has 0 saturated carbocycles. The first-order valence-electron chi connectivity index (χ1n) is 6.23. The highest BCUT2D eigenvalue weighted by atomic mass is 79.9. The second-order valence-electron chi connectivity index (χ2n) is 5.13. The summed E-state index contributed by atoms with van der Waals surface area (Å²) in [7, 11) is 4.15. The molecule has 0 amide bonds. The van der Waals surface area contributed by atoms with E-state index in [2.05, 4.69) is 39.8 Å². The number of hydrogen-bond acceptors (Lipinski definition) is 3. The van der Waals surface area contributed by atoms with Gasteiger partial charge in [-0.1, -0.05) is 28.1 Å². The minimum atomic E-state index is 0.188. The summed E-state index contributed by atoms with van der Waals surface area (Å²) < 4.78 is 1.01. The SMILES string of the molecule is CN(C)CCN1CC(C(=O)c2ccc(Br)cc2)C1. The second-order valence-corrected chi connectivity index (χ2v) is 6.05. The van der Waals surface area contributed by atoms with Gasteiger partial charge in [-0.2, -0.15) is 0 Å². The molecule has 4 heteroatoms. The third-order valence-corrected chi connectivity index (χ3v) is 3.85. The van der Waals surface area contributed by atoms with Crippen LogP contribution in [0.5, 0.6) is 0 Å². The molecular formula is C14H19BrN2O. The van der Waals surface area contributed by atoms with Crippen LogP contribution in [-0.2, 0) is 0 Å².